The quantitative estimate of drug-likeness (QED) is 0.199. The van der Waals surface area contributed by atoms with Crippen LogP contribution in [0.2, 0.25) is 0 Å². The minimum absolute atomic E-state index is 0. The molecule has 1 saturated heterocycles. The summed E-state index contributed by atoms with van der Waals surface area (Å²) >= 11 is 0. The molecule has 0 bridgehead atoms. The number of carbonyl (C=O) groups is 1. The first-order valence-electron chi connectivity index (χ1n) is 11.3. The number of guanidine groups is 1. The van der Waals surface area contributed by atoms with E-state index in [9.17, 15) is 4.79 Å². The highest BCUT2D eigenvalue weighted by Crippen LogP contribution is 2.17. The molecule has 1 aliphatic heterocycles. The predicted molar refractivity (Wildman–Crippen MR) is 142 cm³/mol. The van der Waals surface area contributed by atoms with Gasteiger partial charge in [0.25, 0.3) is 5.91 Å². The third-order valence-electron chi connectivity index (χ3n) is 5.38. The number of rotatable bonds is 10. The number of amides is 1. The van der Waals surface area contributed by atoms with Gasteiger partial charge in [-0.1, -0.05) is 36.4 Å². The smallest absolute Gasteiger partial charge is 0.251 e. The van der Waals surface area contributed by atoms with Crippen molar-refractivity contribution in [2.75, 3.05) is 46.4 Å². The summed E-state index contributed by atoms with van der Waals surface area (Å²) in [5.74, 6) is 1.94. The summed E-state index contributed by atoms with van der Waals surface area (Å²) in [6, 6.07) is 17.4. The van der Waals surface area contributed by atoms with Crippen molar-refractivity contribution in [1.82, 2.24) is 15.5 Å². The van der Waals surface area contributed by atoms with Crippen LogP contribution < -0.4 is 15.4 Å². The van der Waals surface area contributed by atoms with Crippen LogP contribution in [0.1, 0.15) is 29.3 Å². The highest BCUT2D eigenvalue weighted by atomic mass is 127. The average molecular weight is 566 g/mol. The van der Waals surface area contributed by atoms with E-state index in [4.69, 9.17) is 14.5 Å². The molecule has 33 heavy (non-hydrogen) atoms. The first kappa shape index (κ1) is 26.9. The molecular weight excluding hydrogens is 531 g/mol. The van der Waals surface area contributed by atoms with Crippen LogP contribution in [0.4, 0.5) is 0 Å². The molecule has 1 fully saturated rings. The lowest BCUT2D eigenvalue weighted by molar-refractivity contribution is 0.0906. The number of nitrogens with one attached hydrogen (secondary N) is 2. The molecule has 0 spiro atoms. The first-order chi connectivity index (χ1) is 15.7. The van der Waals surface area contributed by atoms with Gasteiger partial charge in [0.2, 0.25) is 0 Å². The predicted octanol–water partition coefficient (Wildman–Crippen LogP) is 3.55. The molecule has 180 valence electrons. The van der Waals surface area contributed by atoms with Gasteiger partial charge < -0.3 is 25.0 Å². The van der Waals surface area contributed by atoms with E-state index in [0.717, 1.165) is 38.6 Å². The molecule has 7 nitrogen and oxygen atoms in total. The third-order valence-corrected chi connectivity index (χ3v) is 5.38. The van der Waals surface area contributed by atoms with Crippen LogP contribution in [0.15, 0.2) is 59.6 Å². The number of carbonyl (C=O) groups excluding carboxylic acids is 1. The maximum Gasteiger partial charge on any atom is 0.251 e. The summed E-state index contributed by atoms with van der Waals surface area (Å²) in [7, 11) is 1.59. The van der Waals surface area contributed by atoms with Gasteiger partial charge in [0.1, 0.15) is 5.75 Å². The number of hydrogen-bond donors (Lipinski definition) is 2. The molecule has 1 atom stereocenters. The molecule has 1 amide bonds. The number of benzene rings is 2. The monoisotopic (exact) mass is 566 g/mol. The maximum atomic E-state index is 12.3. The Morgan fingerprint density at radius 3 is 2.73 bits per heavy atom. The summed E-state index contributed by atoms with van der Waals surface area (Å²) < 4.78 is 11.1. The van der Waals surface area contributed by atoms with Crippen molar-refractivity contribution in [1.29, 1.82) is 0 Å². The molecule has 0 aliphatic carbocycles. The zero-order valence-corrected chi connectivity index (χ0v) is 21.8. The van der Waals surface area contributed by atoms with Crippen molar-refractivity contribution in [3.05, 3.63) is 65.7 Å². The number of ether oxygens (including phenoxy) is 2. The fourth-order valence-electron chi connectivity index (χ4n) is 3.70. The second-order valence-electron chi connectivity index (χ2n) is 7.82. The molecular formula is C25H35IN4O3. The molecule has 2 aromatic rings. The zero-order chi connectivity index (χ0) is 22.6. The summed E-state index contributed by atoms with van der Waals surface area (Å²) in [6.07, 6.45) is 1.09. The van der Waals surface area contributed by atoms with Crippen LogP contribution in [-0.2, 0) is 11.3 Å². The molecule has 1 unspecified atom stereocenters. The van der Waals surface area contributed by atoms with Crippen molar-refractivity contribution < 1.29 is 14.3 Å². The van der Waals surface area contributed by atoms with E-state index >= 15 is 0 Å². The van der Waals surface area contributed by atoms with Gasteiger partial charge in [-0.15, -0.1) is 24.0 Å². The van der Waals surface area contributed by atoms with E-state index in [0.29, 0.717) is 36.9 Å². The highest BCUT2D eigenvalue weighted by molar-refractivity contribution is 14.0. The normalized spacial score (nSPS) is 15.6. The van der Waals surface area contributed by atoms with Crippen molar-refractivity contribution in [3.8, 4) is 5.75 Å². The summed E-state index contributed by atoms with van der Waals surface area (Å²) in [6.45, 7) is 7.15. The molecule has 1 aliphatic rings. The number of methoxy groups -OCH3 is 1. The Balaban J connectivity index is 0.00000385. The second kappa shape index (κ2) is 14.7. The van der Waals surface area contributed by atoms with Gasteiger partial charge in [-0.25, -0.2) is 0 Å². The van der Waals surface area contributed by atoms with Crippen molar-refractivity contribution >= 4 is 35.8 Å². The average Bonchev–Trinajstić information content (AvgIpc) is 3.30. The highest BCUT2D eigenvalue weighted by Gasteiger charge is 2.25. The third kappa shape index (κ3) is 8.85. The molecule has 0 radical (unpaired) electrons. The number of aliphatic imine (C=N–C) groups is 1. The van der Waals surface area contributed by atoms with Gasteiger partial charge >= 0.3 is 0 Å². The Morgan fingerprint density at radius 1 is 1.15 bits per heavy atom. The van der Waals surface area contributed by atoms with Crippen molar-refractivity contribution in [3.63, 3.8) is 0 Å². The summed E-state index contributed by atoms with van der Waals surface area (Å²) in [5, 5.41) is 6.29. The number of hydrogen-bond acceptors (Lipinski definition) is 4. The Hall–Kier alpha value is -2.33. The van der Waals surface area contributed by atoms with Crippen LogP contribution in [-0.4, -0.2) is 63.2 Å². The van der Waals surface area contributed by atoms with Crippen LogP contribution in [0.5, 0.6) is 5.75 Å². The maximum absolute atomic E-state index is 12.3. The Kier molecular flexibility index (Phi) is 12.0. The Bertz CT molecular complexity index is 879. The molecule has 2 aromatic carbocycles. The first-order valence-corrected chi connectivity index (χ1v) is 11.3. The molecule has 8 heteroatoms. The van der Waals surface area contributed by atoms with E-state index in [1.165, 1.54) is 5.56 Å². The molecule has 0 saturated carbocycles. The van der Waals surface area contributed by atoms with Gasteiger partial charge in [0.05, 0.1) is 26.9 Å². The van der Waals surface area contributed by atoms with Gasteiger partial charge in [0, 0.05) is 37.7 Å². The Labute approximate surface area is 214 Å². The standard InChI is InChI=1S/C25H34N4O3.HI/c1-3-26-25(28-14-13-27-24(30)22-10-7-11-23(16-22)31-2)29-15-12-21(17-29)19-32-18-20-8-5-4-6-9-20;/h4-11,16,21H,3,12-15,17-19H2,1-2H3,(H,26,28)(H,27,30);1H. The fourth-order valence-corrected chi connectivity index (χ4v) is 3.70. The molecule has 2 N–H and O–H groups in total. The van der Waals surface area contributed by atoms with Gasteiger partial charge in [0.15, 0.2) is 5.96 Å². The zero-order valence-electron chi connectivity index (χ0n) is 19.5. The molecule has 1 heterocycles. The number of halogens is 1. The summed E-state index contributed by atoms with van der Waals surface area (Å²) in [5.41, 5.74) is 1.78. The largest absolute Gasteiger partial charge is 0.497 e. The van der Waals surface area contributed by atoms with E-state index < -0.39 is 0 Å². The van der Waals surface area contributed by atoms with E-state index in [1.807, 2.05) is 30.3 Å². The van der Waals surface area contributed by atoms with E-state index in [-0.39, 0.29) is 29.9 Å². The Morgan fingerprint density at radius 2 is 1.97 bits per heavy atom. The lowest BCUT2D eigenvalue weighted by Crippen LogP contribution is -2.40. The molecule has 0 aromatic heterocycles. The van der Waals surface area contributed by atoms with Gasteiger partial charge in [-0.3, -0.25) is 9.79 Å². The second-order valence-corrected chi connectivity index (χ2v) is 7.82. The van der Waals surface area contributed by atoms with Gasteiger partial charge in [-0.2, -0.15) is 0 Å². The van der Waals surface area contributed by atoms with E-state index in [1.54, 1.807) is 19.2 Å². The topological polar surface area (TPSA) is 75.2 Å². The van der Waals surface area contributed by atoms with Crippen LogP contribution in [0.3, 0.4) is 0 Å². The minimum atomic E-state index is -0.124. The van der Waals surface area contributed by atoms with E-state index in [2.05, 4.69) is 34.6 Å². The lowest BCUT2D eigenvalue weighted by atomic mass is 10.1. The molecule has 3 rings (SSSR count). The van der Waals surface area contributed by atoms with Crippen molar-refractivity contribution in [2.24, 2.45) is 10.9 Å². The SMILES string of the molecule is CCNC(=NCCNC(=O)c1cccc(OC)c1)N1CCC(COCc2ccccc2)C1.I. The van der Waals surface area contributed by atoms with Crippen LogP contribution in [0, 0.1) is 5.92 Å². The number of nitrogens with zero attached hydrogens (tertiary/aromatic N) is 2. The lowest BCUT2D eigenvalue weighted by Gasteiger charge is -2.21. The minimum Gasteiger partial charge on any atom is -0.497 e. The summed E-state index contributed by atoms with van der Waals surface area (Å²) in [4.78, 5) is 19.3. The van der Waals surface area contributed by atoms with Gasteiger partial charge in [-0.05, 0) is 37.1 Å². The van der Waals surface area contributed by atoms with Crippen molar-refractivity contribution in [2.45, 2.75) is 20.0 Å². The number of likely N-dealkylation sites (tertiary alicyclic amines) is 1. The van der Waals surface area contributed by atoms with Crippen LogP contribution >= 0.6 is 24.0 Å². The fraction of sp³-hybridized carbons (Fsp3) is 0.440. The van der Waals surface area contributed by atoms with Crippen LogP contribution in [0.25, 0.3) is 0 Å².